The fourth-order valence-electron chi connectivity index (χ4n) is 1.71. The summed E-state index contributed by atoms with van der Waals surface area (Å²) in [5, 5.41) is 13.0. The first-order chi connectivity index (χ1) is 10.4. The largest absolute Gasteiger partial charge is 0.444 e. The molecule has 1 atom stereocenters. The van der Waals surface area contributed by atoms with Crippen LogP contribution in [0.5, 0.6) is 0 Å². The molecule has 0 aliphatic rings. The maximum absolute atomic E-state index is 12.1. The smallest absolute Gasteiger partial charge is 0.408 e. The summed E-state index contributed by atoms with van der Waals surface area (Å²) in [5.41, 5.74) is -0.783. The van der Waals surface area contributed by atoms with Crippen LogP contribution in [0.3, 0.4) is 0 Å². The van der Waals surface area contributed by atoms with Crippen LogP contribution in [-0.4, -0.2) is 50.1 Å². The first kappa shape index (κ1) is 21.2. The molecule has 0 saturated carbocycles. The predicted octanol–water partition coefficient (Wildman–Crippen LogP) is 0.590. The molecule has 0 bridgehead atoms. The van der Waals surface area contributed by atoms with Gasteiger partial charge in [0.1, 0.15) is 18.2 Å². The van der Waals surface area contributed by atoms with E-state index in [1.807, 2.05) is 0 Å². The highest BCUT2D eigenvalue weighted by Crippen LogP contribution is 2.08. The number of amides is 2. The molecule has 0 aliphatic heterocycles. The third kappa shape index (κ3) is 10.5. The Morgan fingerprint density at radius 3 is 2.22 bits per heavy atom. The maximum Gasteiger partial charge on any atom is 0.408 e. The number of nitrogens with one attached hydrogen (secondary N) is 2. The highest BCUT2D eigenvalue weighted by atomic mass is 32.2. The molecular formula is C14H25N3O5S. The summed E-state index contributed by atoms with van der Waals surface area (Å²) in [7, 11) is -3.55. The number of nitriles is 1. The van der Waals surface area contributed by atoms with Crippen LogP contribution in [0.2, 0.25) is 0 Å². The van der Waals surface area contributed by atoms with Crippen LogP contribution < -0.4 is 10.6 Å². The third-order valence-electron chi connectivity index (χ3n) is 2.36. The number of carbonyl (C=O) groups is 2. The number of rotatable bonds is 7. The molecule has 0 spiro atoms. The molecule has 0 unspecified atom stereocenters. The minimum Gasteiger partial charge on any atom is -0.444 e. The zero-order valence-corrected chi connectivity index (χ0v) is 15.0. The fraction of sp³-hybridized carbons (Fsp3) is 0.786. The number of alkyl carbamates (subject to hydrolysis) is 1. The highest BCUT2D eigenvalue weighted by molar-refractivity contribution is 7.91. The van der Waals surface area contributed by atoms with Crippen molar-refractivity contribution in [1.82, 2.24) is 10.6 Å². The third-order valence-corrected chi connectivity index (χ3v) is 4.37. The Bertz CT molecular complexity index is 558. The average molecular weight is 347 g/mol. The molecule has 9 heteroatoms. The summed E-state index contributed by atoms with van der Waals surface area (Å²) >= 11 is 0. The van der Waals surface area contributed by atoms with E-state index in [-0.39, 0.29) is 18.2 Å². The van der Waals surface area contributed by atoms with Gasteiger partial charge in [0.2, 0.25) is 5.91 Å². The second-order valence-corrected chi connectivity index (χ2v) is 8.70. The van der Waals surface area contributed by atoms with E-state index in [9.17, 15) is 18.0 Å². The van der Waals surface area contributed by atoms with E-state index in [2.05, 4.69) is 10.6 Å². The molecule has 0 aromatic heterocycles. The zero-order chi connectivity index (χ0) is 18.3. The van der Waals surface area contributed by atoms with Crippen LogP contribution in [0.15, 0.2) is 0 Å². The number of carbonyl (C=O) groups excluding carboxylic acids is 2. The summed E-state index contributed by atoms with van der Waals surface area (Å²) in [6.07, 6.45) is -0.894. The van der Waals surface area contributed by atoms with Crippen molar-refractivity contribution >= 4 is 21.8 Å². The van der Waals surface area contributed by atoms with Crippen molar-refractivity contribution in [2.24, 2.45) is 5.92 Å². The van der Waals surface area contributed by atoms with Crippen LogP contribution >= 0.6 is 0 Å². The lowest BCUT2D eigenvalue weighted by Crippen LogP contribution is -2.51. The molecule has 0 rings (SSSR count). The lowest BCUT2D eigenvalue weighted by atomic mass is 10.2. The van der Waals surface area contributed by atoms with E-state index in [0.29, 0.717) is 0 Å². The van der Waals surface area contributed by atoms with Gasteiger partial charge in [0.25, 0.3) is 0 Å². The Morgan fingerprint density at radius 1 is 1.22 bits per heavy atom. The van der Waals surface area contributed by atoms with Crippen molar-refractivity contribution in [2.45, 2.75) is 46.3 Å². The molecule has 0 fully saturated rings. The summed E-state index contributed by atoms with van der Waals surface area (Å²) in [6.45, 7) is 8.13. The van der Waals surface area contributed by atoms with Crippen LogP contribution in [0.25, 0.3) is 0 Å². The lowest BCUT2D eigenvalue weighted by Gasteiger charge is -2.23. The van der Waals surface area contributed by atoms with E-state index in [4.69, 9.17) is 10.00 Å². The fourth-order valence-corrected chi connectivity index (χ4v) is 3.61. The first-order valence-electron chi connectivity index (χ1n) is 7.21. The predicted molar refractivity (Wildman–Crippen MR) is 85.3 cm³/mol. The Balaban J connectivity index is 5.06. The molecule has 8 nitrogen and oxygen atoms in total. The Hall–Kier alpha value is -1.82. The topological polar surface area (TPSA) is 125 Å². The minimum absolute atomic E-state index is 0.106. The molecule has 132 valence electrons. The van der Waals surface area contributed by atoms with Crippen LogP contribution in [-0.2, 0) is 19.4 Å². The van der Waals surface area contributed by atoms with Gasteiger partial charge in [-0.3, -0.25) is 4.79 Å². The zero-order valence-electron chi connectivity index (χ0n) is 14.2. The number of ether oxygens (including phenoxy) is 1. The molecule has 0 radical (unpaired) electrons. The van der Waals surface area contributed by atoms with E-state index in [1.54, 1.807) is 40.7 Å². The summed E-state index contributed by atoms with van der Waals surface area (Å²) in [6, 6.07) is 0.397. The summed E-state index contributed by atoms with van der Waals surface area (Å²) in [4.78, 5) is 23.8. The van der Waals surface area contributed by atoms with Crippen LogP contribution in [0.4, 0.5) is 4.79 Å². The summed E-state index contributed by atoms with van der Waals surface area (Å²) < 4.78 is 29.1. The summed E-state index contributed by atoms with van der Waals surface area (Å²) in [5.74, 6) is -1.51. The number of hydrogen-bond acceptors (Lipinski definition) is 6. The monoisotopic (exact) mass is 347 g/mol. The van der Waals surface area contributed by atoms with Gasteiger partial charge >= 0.3 is 6.09 Å². The van der Waals surface area contributed by atoms with Gasteiger partial charge in [-0.1, -0.05) is 13.8 Å². The van der Waals surface area contributed by atoms with Crippen molar-refractivity contribution in [3.8, 4) is 6.07 Å². The lowest BCUT2D eigenvalue weighted by molar-refractivity contribution is -0.122. The van der Waals surface area contributed by atoms with Gasteiger partial charge < -0.3 is 15.4 Å². The highest BCUT2D eigenvalue weighted by Gasteiger charge is 2.29. The quantitative estimate of drug-likeness (QED) is 0.649. The van der Waals surface area contributed by atoms with Gasteiger partial charge in [-0.2, -0.15) is 5.26 Å². The molecule has 0 aromatic carbocycles. The second kappa shape index (κ2) is 8.72. The Morgan fingerprint density at radius 2 is 1.78 bits per heavy atom. The van der Waals surface area contributed by atoms with Crippen molar-refractivity contribution in [3.05, 3.63) is 0 Å². The molecule has 0 heterocycles. The average Bonchev–Trinajstić information content (AvgIpc) is 2.30. The van der Waals surface area contributed by atoms with Crippen molar-refractivity contribution < 1.29 is 22.7 Å². The van der Waals surface area contributed by atoms with Crippen molar-refractivity contribution in [2.75, 3.05) is 18.1 Å². The van der Waals surface area contributed by atoms with E-state index in [0.717, 1.165) is 0 Å². The Kier molecular flexibility index (Phi) is 8.03. The van der Waals surface area contributed by atoms with Crippen LogP contribution in [0.1, 0.15) is 34.6 Å². The van der Waals surface area contributed by atoms with Gasteiger partial charge in [-0.15, -0.1) is 0 Å². The van der Waals surface area contributed by atoms with Gasteiger partial charge in [0.15, 0.2) is 9.84 Å². The molecule has 0 saturated heterocycles. The van der Waals surface area contributed by atoms with E-state index < -0.39 is 39.2 Å². The maximum atomic E-state index is 12.1. The SMILES string of the molecule is CC(C)CS(=O)(=O)C[C@H](NC(=O)OC(C)(C)C)C(=O)NCC#N. The first-order valence-corrected chi connectivity index (χ1v) is 9.03. The second-order valence-electron chi connectivity index (χ2n) is 6.55. The molecule has 23 heavy (non-hydrogen) atoms. The number of nitrogens with zero attached hydrogens (tertiary/aromatic N) is 1. The molecule has 2 amide bonds. The Labute approximate surface area is 137 Å². The molecule has 0 aromatic rings. The standard InChI is InChI=1S/C14H25N3O5S/c1-10(2)8-23(20,21)9-11(12(18)16-7-6-15)17-13(19)22-14(3,4)5/h10-11H,7-9H2,1-5H3,(H,16,18)(H,17,19)/t11-/m0/s1. The van der Waals surface area contributed by atoms with Crippen LogP contribution in [0, 0.1) is 17.2 Å². The minimum atomic E-state index is -3.55. The molecule has 2 N–H and O–H groups in total. The van der Waals surface area contributed by atoms with Crippen molar-refractivity contribution in [3.63, 3.8) is 0 Å². The van der Waals surface area contributed by atoms with E-state index in [1.165, 1.54) is 0 Å². The van der Waals surface area contributed by atoms with Gasteiger partial charge in [-0.25, -0.2) is 13.2 Å². The molecular weight excluding hydrogens is 322 g/mol. The normalized spacial score (nSPS) is 13.1. The number of hydrogen-bond donors (Lipinski definition) is 2. The van der Waals surface area contributed by atoms with Gasteiger partial charge in [-0.05, 0) is 26.7 Å². The van der Waals surface area contributed by atoms with Gasteiger partial charge in [0.05, 0.1) is 17.6 Å². The number of sulfone groups is 1. The van der Waals surface area contributed by atoms with E-state index >= 15 is 0 Å². The van der Waals surface area contributed by atoms with Crippen molar-refractivity contribution in [1.29, 1.82) is 5.26 Å². The van der Waals surface area contributed by atoms with Gasteiger partial charge in [0, 0.05) is 0 Å². The molecule has 0 aliphatic carbocycles.